The molecule has 0 bridgehead atoms. The minimum Gasteiger partial charge on any atom is -0.465 e. The van der Waals surface area contributed by atoms with E-state index >= 15 is 0 Å². The largest absolute Gasteiger partial charge is 0.465 e. The van der Waals surface area contributed by atoms with Crippen molar-refractivity contribution in [2.75, 3.05) is 20.2 Å². The summed E-state index contributed by atoms with van der Waals surface area (Å²) in [5, 5.41) is 14.3. The number of carboxylic acid groups (broad SMARTS) is 1. The van der Waals surface area contributed by atoms with E-state index in [1.165, 1.54) is 18.2 Å². The zero-order valence-corrected chi connectivity index (χ0v) is 30.3. The van der Waals surface area contributed by atoms with Crippen molar-refractivity contribution in [3.05, 3.63) is 70.8 Å². The molecular weight excluding hydrogens is 652 g/mol. The van der Waals surface area contributed by atoms with Gasteiger partial charge in [0.15, 0.2) is 0 Å². The summed E-state index contributed by atoms with van der Waals surface area (Å²) in [6.45, 7) is 8.68. The van der Waals surface area contributed by atoms with Crippen molar-refractivity contribution < 1.29 is 29.0 Å². The number of methoxy groups -OCH3 is 1. The minimum absolute atomic E-state index is 0.0870. The third-order valence-corrected chi connectivity index (χ3v) is 9.97. The lowest BCUT2D eigenvalue weighted by Gasteiger charge is -2.29. The number of hydrogen-bond acceptors (Lipinski definition) is 7. The van der Waals surface area contributed by atoms with Crippen LogP contribution < -0.4 is 10.6 Å². The smallest absolute Gasteiger partial charge is 0.407 e. The highest BCUT2D eigenvalue weighted by atomic mass is 16.5. The van der Waals surface area contributed by atoms with Gasteiger partial charge in [-0.2, -0.15) is 0 Å². The highest BCUT2D eigenvalue weighted by Crippen LogP contribution is 2.33. The summed E-state index contributed by atoms with van der Waals surface area (Å²) in [4.78, 5) is 69.7. The Hall–Kier alpha value is -4.88. The number of nitrogens with one attached hydrogen (secondary N) is 4. The van der Waals surface area contributed by atoms with Crippen LogP contribution in [0.2, 0.25) is 0 Å². The number of carbonyl (C=O) groups excluding carboxylic acids is 3. The second kappa shape index (κ2) is 16.9. The van der Waals surface area contributed by atoms with Crippen LogP contribution in [0, 0.1) is 11.8 Å². The molecule has 0 aliphatic carbocycles. The predicted octanol–water partition coefficient (Wildman–Crippen LogP) is 4.70. The van der Waals surface area contributed by atoms with E-state index in [1.807, 2.05) is 45.0 Å². The number of alkyl carbamates (subject to hydrolysis) is 1. The maximum Gasteiger partial charge on any atom is 0.407 e. The first kappa shape index (κ1) is 37.4. The highest BCUT2D eigenvalue weighted by Gasteiger charge is 2.38. The van der Waals surface area contributed by atoms with Crippen molar-refractivity contribution in [2.45, 2.75) is 103 Å². The number of H-pyrrole nitrogens is 2. The summed E-state index contributed by atoms with van der Waals surface area (Å²) in [5.74, 6) is 0.933. The lowest BCUT2D eigenvalue weighted by atomic mass is 10.0. The first-order valence-electron chi connectivity index (χ1n) is 18.1. The summed E-state index contributed by atoms with van der Waals surface area (Å²) in [6.07, 6.45) is 8.48. The van der Waals surface area contributed by atoms with Gasteiger partial charge in [-0.25, -0.2) is 19.6 Å². The molecular formula is C37H52N8O6. The molecule has 2 saturated heterocycles. The van der Waals surface area contributed by atoms with Crippen molar-refractivity contribution in [1.82, 2.24) is 40.4 Å². The van der Waals surface area contributed by atoms with Crippen molar-refractivity contribution in [2.24, 2.45) is 11.8 Å². The number of aromatic nitrogens is 4. The molecule has 0 saturated carbocycles. The number of aryl methyl sites for hydroxylation is 4. The first-order valence-corrected chi connectivity index (χ1v) is 18.1. The van der Waals surface area contributed by atoms with Crippen LogP contribution >= 0.6 is 0 Å². The number of hydrogen-bond donors (Lipinski definition) is 5. The fraction of sp³-hybridized carbons (Fsp3) is 0.568. The molecule has 5 rings (SSSR count). The quantitative estimate of drug-likeness (QED) is 0.160. The summed E-state index contributed by atoms with van der Waals surface area (Å²) >= 11 is 0. The van der Waals surface area contributed by atoms with Crippen LogP contribution in [0.4, 0.5) is 9.59 Å². The normalized spacial score (nSPS) is 18.6. The SMILES string of the molecule is COC(=O)N[C@H](C(=O)N1CCC[C@H]1c1nc(CCc2ccc(CCc3c[nH]c([C@@H]4CCCN4C(=O)[C@@H](NC(=O)O)C(C)C)n3)cc2)c[nH]1)C(C)C. The van der Waals surface area contributed by atoms with Gasteiger partial charge in [-0.1, -0.05) is 52.0 Å². The molecule has 2 aliphatic rings. The molecule has 4 amide bonds. The molecule has 14 heteroatoms. The number of rotatable bonds is 14. The molecule has 2 aromatic heterocycles. The van der Waals surface area contributed by atoms with Gasteiger partial charge in [0.2, 0.25) is 11.8 Å². The van der Waals surface area contributed by atoms with Crippen molar-refractivity contribution in [3.63, 3.8) is 0 Å². The fourth-order valence-electron chi connectivity index (χ4n) is 7.10. The van der Waals surface area contributed by atoms with E-state index in [1.54, 1.807) is 4.90 Å². The maximum absolute atomic E-state index is 13.4. The zero-order valence-electron chi connectivity index (χ0n) is 30.3. The highest BCUT2D eigenvalue weighted by molar-refractivity contribution is 5.87. The second-order valence-electron chi connectivity index (χ2n) is 14.3. The molecule has 3 aromatic rings. The minimum atomic E-state index is -1.20. The van der Waals surface area contributed by atoms with E-state index in [0.29, 0.717) is 13.1 Å². The van der Waals surface area contributed by atoms with E-state index in [0.717, 1.165) is 74.4 Å². The molecule has 51 heavy (non-hydrogen) atoms. The van der Waals surface area contributed by atoms with Gasteiger partial charge in [0.25, 0.3) is 0 Å². The van der Waals surface area contributed by atoms with Crippen molar-refractivity contribution in [3.8, 4) is 0 Å². The summed E-state index contributed by atoms with van der Waals surface area (Å²) in [6, 6.07) is 6.78. The van der Waals surface area contributed by atoms with Gasteiger partial charge in [0.05, 0.1) is 30.6 Å². The number of benzene rings is 1. The van der Waals surface area contributed by atoms with Gasteiger partial charge >= 0.3 is 12.2 Å². The van der Waals surface area contributed by atoms with Crippen molar-refractivity contribution >= 4 is 24.0 Å². The molecule has 4 atom stereocenters. The van der Waals surface area contributed by atoms with Crippen molar-refractivity contribution in [1.29, 1.82) is 0 Å². The van der Waals surface area contributed by atoms with Gasteiger partial charge < -0.3 is 40.2 Å². The topological polar surface area (TPSA) is 186 Å². The van der Waals surface area contributed by atoms with Gasteiger partial charge in [-0.15, -0.1) is 0 Å². The number of carbonyl (C=O) groups is 4. The van der Waals surface area contributed by atoms with Crippen LogP contribution in [-0.4, -0.2) is 91.1 Å². The first-order chi connectivity index (χ1) is 24.4. The Kier molecular flexibility index (Phi) is 12.4. The van der Waals surface area contributed by atoms with Crippen LogP contribution in [0.5, 0.6) is 0 Å². The van der Waals surface area contributed by atoms with E-state index in [-0.39, 0.29) is 35.7 Å². The molecule has 0 unspecified atom stereocenters. The molecule has 5 N–H and O–H groups in total. The Labute approximate surface area is 299 Å². The Balaban J connectivity index is 1.11. The van der Waals surface area contributed by atoms with E-state index < -0.39 is 24.3 Å². The Morgan fingerprint density at radius 3 is 1.59 bits per heavy atom. The molecule has 2 aliphatic heterocycles. The van der Waals surface area contributed by atoms with Gasteiger partial charge in [0, 0.05) is 25.5 Å². The average Bonchev–Trinajstić information content (AvgIpc) is 3.93. The molecule has 276 valence electrons. The molecule has 2 fully saturated rings. The number of nitrogens with zero attached hydrogens (tertiary/aromatic N) is 4. The maximum atomic E-state index is 13.4. The predicted molar refractivity (Wildman–Crippen MR) is 190 cm³/mol. The van der Waals surface area contributed by atoms with Crippen LogP contribution in [-0.2, 0) is 40.0 Å². The van der Waals surface area contributed by atoms with Gasteiger partial charge in [-0.05, 0) is 74.3 Å². The average molecular weight is 705 g/mol. The monoisotopic (exact) mass is 704 g/mol. The third-order valence-electron chi connectivity index (χ3n) is 9.97. The third kappa shape index (κ3) is 9.27. The summed E-state index contributed by atoms with van der Waals surface area (Å²) in [5.41, 5.74) is 4.28. The molecule has 14 nitrogen and oxygen atoms in total. The van der Waals surface area contributed by atoms with Crippen LogP contribution in [0.15, 0.2) is 36.7 Å². The number of likely N-dealkylation sites (tertiary alicyclic amines) is 2. The molecule has 1 aromatic carbocycles. The number of imidazole rings is 2. The van der Waals surface area contributed by atoms with E-state index in [4.69, 9.17) is 14.7 Å². The lowest BCUT2D eigenvalue weighted by molar-refractivity contribution is -0.136. The number of amides is 4. The lowest BCUT2D eigenvalue weighted by Crippen LogP contribution is -2.51. The molecule has 0 radical (unpaired) electrons. The van der Waals surface area contributed by atoms with Crippen LogP contribution in [0.25, 0.3) is 0 Å². The second-order valence-corrected chi connectivity index (χ2v) is 14.3. The van der Waals surface area contributed by atoms with Crippen LogP contribution in [0.3, 0.4) is 0 Å². The Morgan fingerprint density at radius 1 is 0.765 bits per heavy atom. The molecule has 4 heterocycles. The fourth-order valence-corrected chi connectivity index (χ4v) is 7.10. The van der Waals surface area contributed by atoms with Crippen LogP contribution in [0.1, 0.15) is 99.6 Å². The summed E-state index contributed by atoms with van der Waals surface area (Å²) < 4.78 is 4.74. The van der Waals surface area contributed by atoms with Gasteiger partial charge in [-0.3, -0.25) is 9.59 Å². The standard InChI is InChI=1S/C37H52N8O6/c1-22(2)30(42-36(48)49)34(46)44-18-6-8-28(44)32-38-20-26(40-32)16-14-24-10-12-25(13-11-24)15-17-27-21-39-33(41-27)29-9-7-19-45(29)35(47)31(23(3)4)43-37(50)51-5/h10-13,20-23,28-31,42H,6-9,14-19H2,1-5H3,(H,38,40)(H,39,41)(H,43,50)(H,48,49)/t28-,29-,30-,31-/m0/s1. The summed E-state index contributed by atoms with van der Waals surface area (Å²) in [7, 11) is 1.29. The zero-order chi connectivity index (χ0) is 36.7. The van der Waals surface area contributed by atoms with E-state index in [2.05, 4.69) is 44.9 Å². The number of aromatic amines is 2. The Bertz CT molecular complexity index is 1650. The molecule has 0 spiro atoms. The van der Waals surface area contributed by atoms with E-state index in [9.17, 15) is 24.3 Å². The number of ether oxygens (including phenoxy) is 1. The van der Waals surface area contributed by atoms with Gasteiger partial charge in [0.1, 0.15) is 23.7 Å². The Morgan fingerprint density at radius 2 is 1.20 bits per heavy atom.